The van der Waals surface area contributed by atoms with E-state index in [0.29, 0.717) is 11.8 Å². The highest BCUT2D eigenvalue weighted by Gasteiger charge is 2.60. The zero-order valence-electron chi connectivity index (χ0n) is 9.08. The average molecular weight is 193 g/mol. The van der Waals surface area contributed by atoms with E-state index in [1.54, 1.807) is 0 Å². The molecule has 0 aromatic carbocycles. The minimum Gasteiger partial charge on any atom is -0.388 e. The Morgan fingerprint density at radius 2 is 1.93 bits per heavy atom. The summed E-state index contributed by atoms with van der Waals surface area (Å²) in [5, 5.41) is 19.5. The van der Waals surface area contributed by atoms with Crippen LogP contribution in [-0.4, -0.2) is 10.7 Å². The molecular weight excluding hydrogens is 174 g/mol. The molecule has 78 valence electrons. The third-order valence-electron chi connectivity index (χ3n) is 4.45. The third kappa shape index (κ3) is 1.12. The lowest BCUT2D eigenvalue weighted by atomic mass is 9.49. The summed E-state index contributed by atoms with van der Waals surface area (Å²) in [6.07, 6.45) is 4.62. The van der Waals surface area contributed by atoms with Gasteiger partial charge in [-0.1, -0.05) is 20.3 Å². The van der Waals surface area contributed by atoms with E-state index in [4.69, 9.17) is 5.26 Å². The van der Waals surface area contributed by atoms with Crippen LogP contribution in [0.4, 0.5) is 0 Å². The molecule has 0 aliphatic heterocycles. The molecule has 2 aliphatic carbocycles. The molecule has 2 heteroatoms. The van der Waals surface area contributed by atoms with E-state index in [9.17, 15) is 5.11 Å². The maximum absolute atomic E-state index is 10.4. The Labute approximate surface area is 85.9 Å². The second-order valence-corrected chi connectivity index (χ2v) is 5.49. The van der Waals surface area contributed by atoms with Gasteiger partial charge in [-0.2, -0.15) is 5.26 Å². The summed E-state index contributed by atoms with van der Waals surface area (Å²) in [4.78, 5) is 0. The molecule has 0 spiro atoms. The predicted molar refractivity (Wildman–Crippen MR) is 54.4 cm³/mol. The number of aliphatic hydroxyl groups is 1. The molecule has 0 bridgehead atoms. The molecule has 2 nitrogen and oxygen atoms in total. The van der Waals surface area contributed by atoms with Gasteiger partial charge in [0.1, 0.15) is 0 Å². The van der Waals surface area contributed by atoms with E-state index in [1.807, 2.05) is 0 Å². The molecule has 0 saturated heterocycles. The van der Waals surface area contributed by atoms with Crippen molar-refractivity contribution < 1.29 is 5.11 Å². The van der Waals surface area contributed by atoms with Crippen LogP contribution in [0.1, 0.15) is 46.0 Å². The van der Waals surface area contributed by atoms with E-state index in [-0.39, 0.29) is 5.41 Å². The number of hydrogen-bond acceptors (Lipinski definition) is 2. The van der Waals surface area contributed by atoms with Gasteiger partial charge >= 0.3 is 0 Å². The Balaban J connectivity index is 2.03. The predicted octanol–water partition coefficient (Wildman–Crippen LogP) is 2.48. The van der Waals surface area contributed by atoms with Crippen LogP contribution in [0.25, 0.3) is 0 Å². The Morgan fingerprint density at radius 1 is 1.36 bits per heavy atom. The van der Waals surface area contributed by atoms with Gasteiger partial charge in [0.2, 0.25) is 0 Å². The van der Waals surface area contributed by atoms with E-state index in [1.165, 1.54) is 0 Å². The molecular formula is C12H19NO. The summed E-state index contributed by atoms with van der Waals surface area (Å²) in [6, 6.07) is 2.37. The summed E-state index contributed by atoms with van der Waals surface area (Å²) in [7, 11) is 0. The standard InChI is InChI=1S/C12H19NO/c1-9(2)10-6-12(14,7-10)11(8-13)4-3-5-11/h9-10,14H,3-7H2,1-2H3. The van der Waals surface area contributed by atoms with E-state index in [2.05, 4.69) is 19.9 Å². The molecule has 0 aromatic heterocycles. The van der Waals surface area contributed by atoms with Crippen LogP contribution in [0.2, 0.25) is 0 Å². The first-order valence-corrected chi connectivity index (χ1v) is 5.67. The maximum Gasteiger partial charge on any atom is 0.0860 e. The van der Waals surface area contributed by atoms with Crippen LogP contribution in [-0.2, 0) is 0 Å². The van der Waals surface area contributed by atoms with Crippen molar-refractivity contribution in [3.05, 3.63) is 0 Å². The Hall–Kier alpha value is -0.550. The van der Waals surface area contributed by atoms with Crippen LogP contribution in [0.5, 0.6) is 0 Å². The van der Waals surface area contributed by atoms with Crippen LogP contribution in [0, 0.1) is 28.6 Å². The summed E-state index contributed by atoms with van der Waals surface area (Å²) < 4.78 is 0. The minimum absolute atomic E-state index is 0.377. The molecule has 1 N–H and O–H groups in total. The highest BCUT2D eigenvalue weighted by molar-refractivity contribution is 5.20. The molecule has 0 radical (unpaired) electrons. The average Bonchev–Trinajstić information content (AvgIpc) is 1.98. The van der Waals surface area contributed by atoms with Gasteiger partial charge in [-0.05, 0) is 37.5 Å². The van der Waals surface area contributed by atoms with Gasteiger partial charge < -0.3 is 5.11 Å². The first kappa shape index (κ1) is 9.98. The van der Waals surface area contributed by atoms with Gasteiger partial charge in [0, 0.05) is 0 Å². The molecule has 2 saturated carbocycles. The number of hydrogen-bond donors (Lipinski definition) is 1. The fraction of sp³-hybridized carbons (Fsp3) is 0.917. The molecule has 0 amide bonds. The second-order valence-electron chi connectivity index (χ2n) is 5.49. The number of rotatable bonds is 2. The quantitative estimate of drug-likeness (QED) is 0.732. The highest BCUT2D eigenvalue weighted by atomic mass is 16.3. The Kier molecular flexibility index (Phi) is 2.12. The summed E-state index contributed by atoms with van der Waals surface area (Å²) in [5.74, 6) is 1.27. The van der Waals surface area contributed by atoms with Crippen molar-refractivity contribution >= 4 is 0 Å². The van der Waals surface area contributed by atoms with Crippen molar-refractivity contribution in [2.75, 3.05) is 0 Å². The van der Waals surface area contributed by atoms with E-state index in [0.717, 1.165) is 32.1 Å². The fourth-order valence-electron chi connectivity index (χ4n) is 2.88. The van der Waals surface area contributed by atoms with Gasteiger partial charge in [0.15, 0.2) is 0 Å². The summed E-state index contributed by atoms with van der Waals surface area (Å²) in [5.41, 5.74) is -1.02. The molecule has 0 atom stereocenters. The van der Waals surface area contributed by atoms with Gasteiger partial charge in [0.25, 0.3) is 0 Å². The van der Waals surface area contributed by atoms with E-state index >= 15 is 0 Å². The van der Waals surface area contributed by atoms with Crippen molar-refractivity contribution in [1.82, 2.24) is 0 Å². The first-order valence-electron chi connectivity index (χ1n) is 5.67. The molecule has 0 aromatic rings. The molecule has 2 fully saturated rings. The molecule has 0 unspecified atom stereocenters. The Bertz CT molecular complexity index is 267. The maximum atomic E-state index is 10.4. The van der Waals surface area contributed by atoms with Gasteiger partial charge in [-0.25, -0.2) is 0 Å². The second kappa shape index (κ2) is 2.97. The topological polar surface area (TPSA) is 44.0 Å². The van der Waals surface area contributed by atoms with Crippen molar-refractivity contribution in [1.29, 1.82) is 5.26 Å². The van der Waals surface area contributed by atoms with Crippen molar-refractivity contribution in [3.8, 4) is 6.07 Å². The van der Waals surface area contributed by atoms with Crippen molar-refractivity contribution in [2.24, 2.45) is 17.3 Å². The first-order chi connectivity index (χ1) is 6.53. The van der Waals surface area contributed by atoms with E-state index < -0.39 is 5.60 Å². The molecule has 2 rings (SSSR count). The third-order valence-corrected chi connectivity index (χ3v) is 4.45. The minimum atomic E-state index is -0.644. The largest absolute Gasteiger partial charge is 0.388 e. The number of nitrogens with zero attached hydrogens (tertiary/aromatic N) is 1. The van der Waals surface area contributed by atoms with Crippen LogP contribution in [0.15, 0.2) is 0 Å². The van der Waals surface area contributed by atoms with Crippen molar-refractivity contribution in [3.63, 3.8) is 0 Å². The van der Waals surface area contributed by atoms with Gasteiger partial charge in [-0.15, -0.1) is 0 Å². The zero-order valence-corrected chi connectivity index (χ0v) is 9.08. The normalized spacial score (nSPS) is 39.8. The van der Waals surface area contributed by atoms with Crippen LogP contribution < -0.4 is 0 Å². The van der Waals surface area contributed by atoms with Crippen LogP contribution in [0.3, 0.4) is 0 Å². The monoisotopic (exact) mass is 193 g/mol. The molecule has 2 aliphatic rings. The van der Waals surface area contributed by atoms with Crippen LogP contribution >= 0.6 is 0 Å². The highest BCUT2D eigenvalue weighted by Crippen LogP contribution is 2.59. The zero-order chi connectivity index (χ0) is 10.4. The Morgan fingerprint density at radius 3 is 2.21 bits per heavy atom. The number of nitriles is 1. The molecule has 0 heterocycles. The summed E-state index contributed by atoms with van der Waals surface area (Å²) in [6.45, 7) is 4.40. The lowest BCUT2D eigenvalue weighted by Gasteiger charge is -2.57. The lowest BCUT2D eigenvalue weighted by Crippen LogP contribution is -2.60. The SMILES string of the molecule is CC(C)C1CC(O)(C2(C#N)CCC2)C1. The van der Waals surface area contributed by atoms with Gasteiger partial charge in [-0.3, -0.25) is 0 Å². The van der Waals surface area contributed by atoms with Gasteiger partial charge in [0.05, 0.1) is 17.1 Å². The smallest absolute Gasteiger partial charge is 0.0860 e. The van der Waals surface area contributed by atoms with Crippen molar-refractivity contribution in [2.45, 2.75) is 51.6 Å². The fourth-order valence-corrected chi connectivity index (χ4v) is 2.88. The molecule has 14 heavy (non-hydrogen) atoms. The summed E-state index contributed by atoms with van der Waals surface area (Å²) >= 11 is 0. The lowest BCUT2D eigenvalue weighted by molar-refractivity contribution is -0.179.